The van der Waals surface area contributed by atoms with Crippen molar-refractivity contribution in [2.24, 2.45) is 0 Å². The Balaban J connectivity index is 1.46. The van der Waals surface area contributed by atoms with Gasteiger partial charge in [-0.25, -0.2) is 19.5 Å². The van der Waals surface area contributed by atoms with E-state index in [0.717, 1.165) is 21.4 Å². The number of carbonyl (C=O) groups excluding carboxylic acids is 3. The van der Waals surface area contributed by atoms with Gasteiger partial charge in [-0.1, -0.05) is 22.9 Å². The topological polar surface area (TPSA) is 135 Å². The number of halogens is 1. The number of ether oxygens (including phenoxy) is 1. The van der Waals surface area contributed by atoms with E-state index in [1.807, 2.05) is 6.92 Å². The number of hydrogen-bond donors (Lipinski definition) is 1. The lowest BCUT2D eigenvalue weighted by atomic mass is 10.0. The van der Waals surface area contributed by atoms with Crippen LogP contribution in [0.15, 0.2) is 18.3 Å². The summed E-state index contributed by atoms with van der Waals surface area (Å²) < 4.78 is 7.47. The summed E-state index contributed by atoms with van der Waals surface area (Å²) in [6.45, 7) is 1.95. The molecule has 198 valence electrons. The van der Waals surface area contributed by atoms with Gasteiger partial charge in [-0.05, 0) is 19.1 Å². The minimum Gasteiger partial charge on any atom is -0.481 e. The number of amides is 3. The third-order valence-electron chi connectivity index (χ3n) is 5.90. The standard InChI is InChI=1S/C23H23ClN8O4S2/c1-11-29-32-17-12(28-23(32)37-11)7-8-31(18(17)21-26-9-15(38-21)22(35)30(3)4)16(33)10-36-14-6-5-13(20(34)25-2)27-19(14)24/h5-6,9,18H,7-8,10H2,1-4H3,(H,25,34). The van der Waals surface area contributed by atoms with E-state index in [-0.39, 0.29) is 40.9 Å². The molecule has 4 aromatic heterocycles. The zero-order valence-electron chi connectivity index (χ0n) is 20.9. The Morgan fingerprint density at radius 3 is 2.74 bits per heavy atom. The lowest BCUT2D eigenvalue weighted by Crippen LogP contribution is -2.43. The zero-order chi connectivity index (χ0) is 27.1. The van der Waals surface area contributed by atoms with Crippen molar-refractivity contribution < 1.29 is 19.1 Å². The van der Waals surface area contributed by atoms with E-state index in [9.17, 15) is 14.4 Å². The zero-order valence-corrected chi connectivity index (χ0v) is 23.3. The number of aryl methyl sites for hydroxylation is 1. The Bertz CT molecular complexity index is 1560. The van der Waals surface area contributed by atoms with Crippen LogP contribution in [0.4, 0.5) is 0 Å². The van der Waals surface area contributed by atoms with E-state index in [0.29, 0.717) is 22.9 Å². The summed E-state index contributed by atoms with van der Waals surface area (Å²) in [5, 5.41) is 8.47. The lowest BCUT2D eigenvalue weighted by molar-refractivity contribution is -0.135. The van der Waals surface area contributed by atoms with E-state index in [1.54, 1.807) is 23.5 Å². The number of aromatic nitrogens is 5. The van der Waals surface area contributed by atoms with Crippen LogP contribution < -0.4 is 10.1 Å². The van der Waals surface area contributed by atoms with Crippen molar-refractivity contribution in [3.8, 4) is 5.75 Å². The molecule has 12 nitrogen and oxygen atoms in total. The highest BCUT2D eigenvalue weighted by Gasteiger charge is 2.39. The maximum atomic E-state index is 13.5. The number of thiazole rings is 1. The number of nitrogens with zero attached hydrogens (tertiary/aromatic N) is 7. The molecule has 1 atom stereocenters. The molecule has 0 saturated carbocycles. The van der Waals surface area contributed by atoms with E-state index in [4.69, 9.17) is 21.3 Å². The second kappa shape index (κ2) is 10.3. The molecule has 5 heterocycles. The van der Waals surface area contributed by atoms with Crippen LogP contribution in [0.3, 0.4) is 0 Å². The van der Waals surface area contributed by atoms with Gasteiger partial charge in [-0.2, -0.15) is 5.10 Å². The predicted molar refractivity (Wildman–Crippen MR) is 141 cm³/mol. The van der Waals surface area contributed by atoms with Gasteiger partial charge < -0.3 is 19.9 Å². The monoisotopic (exact) mass is 574 g/mol. The Hall–Kier alpha value is -3.62. The second-order valence-corrected chi connectivity index (χ2v) is 11.2. The third-order valence-corrected chi connectivity index (χ3v) is 8.03. The van der Waals surface area contributed by atoms with Crippen LogP contribution in [-0.4, -0.2) is 86.4 Å². The summed E-state index contributed by atoms with van der Waals surface area (Å²) in [6, 6.07) is 2.36. The number of rotatable bonds is 6. The minimum atomic E-state index is -0.607. The molecule has 1 unspecified atom stereocenters. The first-order chi connectivity index (χ1) is 18.2. The Labute approximate surface area is 230 Å². The molecule has 0 radical (unpaired) electrons. The molecule has 0 spiro atoms. The van der Waals surface area contributed by atoms with Crippen LogP contribution >= 0.6 is 34.3 Å². The van der Waals surface area contributed by atoms with Crippen molar-refractivity contribution in [1.29, 1.82) is 0 Å². The van der Waals surface area contributed by atoms with E-state index < -0.39 is 6.04 Å². The van der Waals surface area contributed by atoms with Gasteiger partial charge in [-0.15, -0.1) is 11.3 Å². The maximum absolute atomic E-state index is 13.5. The summed E-state index contributed by atoms with van der Waals surface area (Å²) in [5.41, 5.74) is 1.72. The number of nitrogens with one attached hydrogen (secondary N) is 1. The fourth-order valence-corrected chi connectivity index (χ4v) is 6.15. The molecule has 38 heavy (non-hydrogen) atoms. The first-order valence-electron chi connectivity index (χ1n) is 11.5. The Morgan fingerprint density at radius 2 is 2.03 bits per heavy atom. The van der Waals surface area contributed by atoms with Gasteiger partial charge in [0.1, 0.15) is 26.6 Å². The van der Waals surface area contributed by atoms with Crippen LogP contribution in [0.2, 0.25) is 5.15 Å². The van der Waals surface area contributed by atoms with Crippen molar-refractivity contribution in [3.05, 3.63) is 55.5 Å². The Kier molecular flexibility index (Phi) is 7.03. The number of imidazole rings is 1. The lowest BCUT2D eigenvalue weighted by Gasteiger charge is -2.34. The molecule has 1 N–H and O–H groups in total. The van der Waals surface area contributed by atoms with E-state index >= 15 is 0 Å². The molecule has 0 aliphatic carbocycles. The molecule has 1 aliphatic rings. The minimum absolute atomic E-state index is 0.0291. The predicted octanol–water partition coefficient (Wildman–Crippen LogP) is 2.22. The van der Waals surface area contributed by atoms with Gasteiger partial charge in [0, 0.05) is 34.1 Å². The molecule has 0 bridgehead atoms. The Morgan fingerprint density at radius 1 is 1.24 bits per heavy atom. The SMILES string of the molecule is CNC(=O)c1ccc(OCC(=O)N2CCc3nc4sc(C)nn4c3C2c2ncc(C(=O)N(C)C)s2)c(Cl)n1. The molecule has 3 amide bonds. The fraction of sp³-hybridized carbons (Fsp3) is 0.348. The number of pyridine rings is 1. The largest absolute Gasteiger partial charge is 0.481 e. The van der Waals surface area contributed by atoms with E-state index in [1.165, 1.54) is 53.0 Å². The summed E-state index contributed by atoms with van der Waals surface area (Å²) in [6.07, 6.45) is 2.06. The van der Waals surface area contributed by atoms with Crippen molar-refractivity contribution in [2.75, 3.05) is 34.3 Å². The highest BCUT2D eigenvalue weighted by atomic mass is 35.5. The summed E-state index contributed by atoms with van der Waals surface area (Å²) in [7, 11) is 4.84. The maximum Gasteiger partial charge on any atom is 0.269 e. The number of carbonyl (C=O) groups is 3. The van der Waals surface area contributed by atoms with Crippen LogP contribution in [0, 0.1) is 6.92 Å². The molecule has 5 rings (SSSR count). The normalized spacial score (nSPS) is 14.9. The first kappa shape index (κ1) is 26.0. The van der Waals surface area contributed by atoms with Gasteiger partial charge in [0.15, 0.2) is 17.5 Å². The fourth-order valence-electron chi connectivity index (χ4n) is 4.12. The first-order valence-corrected chi connectivity index (χ1v) is 13.5. The van der Waals surface area contributed by atoms with Gasteiger partial charge >= 0.3 is 0 Å². The highest BCUT2D eigenvalue weighted by Crippen LogP contribution is 2.38. The molecule has 0 aromatic carbocycles. The summed E-state index contributed by atoms with van der Waals surface area (Å²) in [4.78, 5) is 55.6. The van der Waals surface area contributed by atoms with Crippen LogP contribution in [-0.2, 0) is 11.2 Å². The molecule has 0 fully saturated rings. The third kappa shape index (κ3) is 4.70. The summed E-state index contributed by atoms with van der Waals surface area (Å²) >= 11 is 8.89. The quantitative estimate of drug-likeness (QED) is 0.346. The number of hydrogen-bond acceptors (Lipinski definition) is 10. The average Bonchev–Trinajstić information content (AvgIpc) is 3.60. The van der Waals surface area contributed by atoms with Gasteiger partial charge in [0.05, 0.1) is 17.6 Å². The molecular formula is C23H23ClN8O4S2. The molecule has 15 heteroatoms. The van der Waals surface area contributed by atoms with Gasteiger partial charge in [-0.3, -0.25) is 14.4 Å². The van der Waals surface area contributed by atoms with Gasteiger partial charge in [0.25, 0.3) is 17.7 Å². The van der Waals surface area contributed by atoms with Crippen LogP contribution in [0.1, 0.15) is 47.6 Å². The smallest absolute Gasteiger partial charge is 0.269 e. The van der Waals surface area contributed by atoms with Crippen molar-refractivity contribution in [1.82, 2.24) is 39.7 Å². The van der Waals surface area contributed by atoms with Crippen molar-refractivity contribution in [2.45, 2.75) is 19.4 Å². The van der Waals surface area contributed by atoms with Crippen molar-refractivity contribution >= 4 is 57.0 Å². The van der Waals surface area contributed by atoms with Crippen LogP contribution in [0.25, 0.3) is 4.96 Å². The summed E-state index contributed by atoms with van der Waals surface area (Å²) in [5.74, 6) is -0.695. The average molecular weight is 575 g/mol. The van der Waals surface area contributed by atoms with Crippen LogP contribution in [0.5, 0.6) is 5.75 Å². The van der Waals surface area contributed by atoms with Gasteiger partial charge in [0.2, 0.25) is 4.96 Å². The van der Waals surface area contributed by atoms with E-state index in [2.05, 4.69) is 20.4 Å². The molecule has 1 aliphatic heterocycles. The second-order valence-electron chi connectivity index (χ2n) is 8.61. The molecule has 4 aromatic rings. The number of fused-ring (bicyclic) bond motifs is 3. The van der Waals surface area contributed by atoms with Crippen molar-refractivity contribution in [3.63, 3.8) is 0 Å². The molecular weight excluding hydrogens is 552 g/mol. The highest BCUT2D eigenvalue weighted by molar-refractivity contribution is 7.16. The molecule has 0 saturated heterocycles.